The molecule has 0 saturated carbocycles. The molecule has 28 heavy (non-hydrogen) atoms. The van der Waals surface area contributed by atoms with Crippen LogP contribution < -0.4 is 0 Å². The standard InChI is InChI=1S/C22H25FN2O3/c1-3-24(22(28)17-10-7-11-18(23)12-17)13-19-21(16-8-5-4-6-9-16)20(14-26)25(19)15(2)27/h4-12,19-21,26H,3,13-14H2,1-2H3/t19-,20+,21-/m1/s1. The van der Waals surface area contributed by atoms with Gasteiger partial charge in [-0.25, -0.2) is 4.39 Å². The van der Waals surface area contributed by atoms with Crippen molar-refractivity contribution in [2.24, 2.45) is 0 Å². The van der Waals surface area contributed by atoms with E-state index in [9.17, 15) is 19.1 Å². The Bertz CT molecular complexity index is 843. The summed E-state index contributed by atoms with van der Waals surface area (Å²) in [6.45, 7) is 3.95. The summed E-state index contributed by atoms with van der Waals surface area (Å²) >= 11 is 0. The summed E-state index contributed by atoms with van der Waals surface area (Å²) in [6, 6.07) is 14.8. The fourth-order valence-electron chi connectivity index (χ4n) is 4.12. The molecule has 1 aliphatic rings. The average Bonchev–Trinajstić information content (AvgIpc) is 2.67. The van der Waals surface area contributed by atoms with E-state index in [1.807, 2.05) is 37.3 Å². The normalized spacial score (nSPS) is 21.1. The van der Waals surface area contributed by atoms with Crippen LogP contribution in [0.25, 0.3) is 0 Å². The van der Waals surface area contributed by atoms with Crippen molar-refractivity contribution in [2.75, 3.05) is 19.7 Å². The highest BCUT2D eigenvalue weighted by Crippen LogP contribution is 2.41. The Morgan fingerprint density at radius 1 is 1.11 bits per heavy atom. The van der Waals surface area contributed by atoms with Crippen molar-refractivity contribution in [2.45, 2.75) is 31.8 Å². The molecule has 0 unspecified atom stereocenters. The summed E-state index contributed by atoms with van der Waals surface area (Å²) in [7, 11) is 0. The minimum atomic E-state index is -0.460. The van der Waals surface area contributed by atoms with Gasteiger partial charge in [0.15, 0.2) is 0 Å². The van der Waals surface area contributed by atoms with Gasteiger partial charge in [-0.3, -0.25) is 9.59 Å². The number of carbonyl (C=O) groups excluding carboxylic acids is 2. The predicted molar refractivity (Wildman–Crippen MR) is 104 cm³/mol. The molecule has 6 heteroatoms. The Balaban J connectivity index is 1.87. The summed E-state index contributed by atoms with van der Waals surface area (Å²) in [6.07, 6.45) is 0. The lowest BCUT2D eigenvalue weighted by Gasteiger charge is -2.55. The molecule has 1 heterocycles. The van der Waals surface area contributed by atoms with Crippen molar-refractivity contribution in [1.29, 1.82) is 0 Å². The van der Waals surface area contributed by atoms with Gasteiger partial charge in [-0.2, -0.15) is 0 Å². The molecule has 148 valence electrons. The third kappa shape index (κ3) is 3.78. The van der Waals surface area contributed by atoms with Gasteiger partial charge in [0.2, 0.25) is 5.91 Å². The Morgan fingerprint density at radius 2 is 1.82 bits per heavy atom. The van der Waals surface area contributed by atoms with E-state index in [1.54, 1.807) is 15.9 Å². The number of likely N-dealkylation sites (tertiary alicyclic amines) is 1. The Kier molecular flexibility index (Phi) is 6.09. The molecule has 2 amide bonds. The van der Waals surface area contributed by atoms with E-state index in [0.717, 1.165) is 5.56 Å². The number of halogens is 1. The van der Waals surface area contributed by atoms with Gasteiger partial charge < -0.3 is 14.9 Å². The van der Waals surface area contributed by atoms with Crippen molar-refractivity contribution in [3.8, 4) is 0 Å². The number of rotatable bonds is 6. The van der Waals surface area contributed by atoms with Crippen LogP contribution in [-0.4, -0.2) is 58.5 Å². The number of hydrogen-bond donors (Lipinski definition) is 1. The zero-order valence-corrected chi connectivity index (χ0v) is 16.1. The molecule has 0 bridgehead atoms. The molecule has 3 rings (SSSR count). The lowest BCUT2D eigenvalue weighted by atomic mass is 9.74. The van der Waals surface area contributed by atoms with Crippen LogP contribution >= 0.6 is 0 Å². The van der Waals surface area contributed by atoms with Gasteiger partial charge in [0.25, 0.3) is 5.91 Å². The molecule has 3 atom stereocenters. The fraction of sp³-hybridized carbons (Fsp3) is 0.364. The molecular formula is C22H25FN2O3. The summed E-state index contributed by atoms with van der Waals surface area (Å²) < 4.78 is 13.5. The van der Waals surface area contributed by atoms with E-state index < -0.39 is 5.82 Å². The number of aliphatic hydroxyl groups is 1. The summed E-state index contributed by atoms with van der Waals surface area (Å²) in [4.78, 5) is 28.4. The van der Waals surface area contributed by atoms with Crippen molar-refractivity contribution in [1.82, 2.24) is 9.80 Å². The first kappa shape index (κ1) is 20.0. The molecule has 1 saturated heterocycles. The monoisotopic (exact) mass is 384 g/mol. The maximum Gasteiger partial charge on any atom is 0.254 e. The summed E-state index contributed by atoms with van der Waals surface area (Å²) in [5.41, 5.74) is 1.31. The first-order valence-corrected chi connectivity index (χ1v) is 9.47. The van der Waals surface area contributed by atoms with Gasteiger partial charge in [-0.15, -0.1) is 0 Å². The second-order valence-corrected chi connectivity index (χ2v) is 7.03. The van der Waals surface area contributed by atoms with Gasteiger partial charge in [-0.1, -0.05) is 36.4 Å². The Labute approximate surface area is 164 Å². The van der Waals surface area contributed by atoms with Crippen molar-refractivity contribution in [3.63, 3.8) is 0 Å². The van der Waals surface area contributed by atoms with Crippen LogP contribution in [0.15, 0.2) is 54.6 Å². The molecule has 1 fully saturated rings. The van der Waals surface area contributed by atoms with Gasteiger partial charge in [0, 0.05) is 31.5 Å². The van der Waals surface area contributed by atoms with Crippen molar-refractivity contribution >= 4 is 11.8 Å². The van der Waals surface area contributed by atoms with E-state index in [1.165, 1.54) is 25.1 Å². The first-order valence-electron chi connectivity index (χ1n) is 9.47. The van der Waals surface area contributed by atoms with Crippen molar-refractivity contribution < 1.29 is 19.1 Å². The van der Waals surface area contributed by atoms with Crippen LogP contribution in [0.2, 0.25) is 0 Å². The first-order chi connectivity index (χ1) is 13.5. The predicted octanol–water partition coefficient (Wildman–Crippen LogP) is 2.66. The topological polar surface area (TPSA) is 60.9 Å². The second kappa shape index (κ2) is 8.52. The lowest BCUT2D eigenvalue weighted by molar-refractivity contribution is -0.149. The molecule has 0 radical (unpaired) electrons. The maximum absolute atomic E-state index is 13.5. The SMILES string of the molecule is CCN(C[C@@H]1[C@@H](c2ccccc2)[C@H](CO)N1C(C)=O)C(=O)c1cccc(F)c1. The van der Waals surface area contributed by atoms with E-state index in [-0.39, 0.29) is 42.0 Å². The highest BCUT2D eigenvalue weighted by atomic mass is 19.1. The van der Waals surface area contributed by atoms with Crippen molar-refractivity contribution in [3.05, 3.63) is 71.5 Å². The van der Waals surface area contributed by atoms with E-state index in [2.05, 4.69) is 0 Å². The van der Waals surface area contributed by atoms with Crippen LogP contribution in [-0.2, 0) is 4.79 Å². The number of aliphatic hydroxyl groups excluding tert-OH is 1. The fourth-order valence-corrected chi connectivity index (χ4v) is 4.12. The minimum absolute atomic E-state index is 0.0653. The number of benzene rings is 2. The number of amides is 2. The summed E-state index contributed by atoms with van der Waals surface area (Å²) in [5, 5.41) is 9.85. The Hall–Kier alpha value is -2.73. The van der Waals surface area contributed by atoms with Gasteiger partial charge in [0.1, 0.15) is 5.82 Å². The lowest BCUT2D eigenvalue weighted by Crippen LogP contribution is -2.68. The second-order valence-electron chi connectivity index (χ2n) is 7.03. The smallest absolute Gasteiger partial charge is 0.254 e. The maximum atomic E-state index is 13.5. The molecule has 2 aromatic rings. The molecule has 0 spiro atoms. The molecule has 0 aromatic heterocycles. The molecule has 2 aromatic carbocycles. The average molecular weight is 384 g/mol. The molecule has 1 aliphatic heterocycles. The molecule has 5 nitrogen and oxygen atoms in total. The van der Waals surface area contributed by atoms with Crippen LogP contribution in [0.4, 0.5) is 4.39 Å². The van der Waals surface area contributed by atoms with Crippen LogP contribution in [0.1, 0.15) is 35.7 Å². The minimum Gasteiger partial charge on any atom is -0.394 e. The van der Waals surface area contributed by atoms with Gasteiger partial charge in [-0.05, 0) is 30.7 Å². The quantitative estimate of drug-likeness (QED) is 0.833. The number of hydrogen-bond acceptors (Lipinski definition) is 3. The third-order valence-corrected chi connectivity index (χ3v) is 5.43. The largest absolute Gasteiger partial charge is 0.394 e. The number of carbonyl (C=O) groups is 2. The summed E-state index contributed by atoms with van der Waals surface area (Å²) in [5.74, 6) is -0.932. The highest BCUT2D eigenvalue weighted by Gasteiger charge is 2.50. The number of nitrogens with zero attached hydrogens (tertiary/aromatic N) is 2. The highest BCUT2D eigenvalue weighted by molar-refractivity contribution is 5.94. The zero-order valence-electron chi connectivity index (χ0n) is 16.1. The zero-order chi connectivity index (χ0) is 20.3. The molecule has 0 aliphatic carbocycles. The van der Waals surface area contributed by atoms with Gasteiger partial charge in [0.05, 0.1) is 18.7 Å². The van der Waals surface area contributed by atoms with E-state index in [4.69, 9.17) is 0 Å². The van der Waals surface area contributed by atoms with E-state index >= 15 is 0 Å². The Morgan fingerprint density at radius 3 is 2.39 bits per heavy atom. The molecule has 1 N–H and O–H groups in total. The van der Waals surface area contributed by atoms with Crippen LogP contribution in [0.3, 0.4) is 0 Å². The van der Waals surface area contributed by atoms with Gasteiger partial charge >= 0.3 is 0 Å². The van der Waals surface area contributed by atoms with Crippen LogP contribution in [0.5, 0.6) is 0 Å². The third-order valence-electron chi connectivity index (χ3n) is 5.43. The molecular weight excluding hydrogens is 359 g/mol. The van der Waals surface area contributed by atoms with E-state index in [0.29, 0.717) is 13.1 Å². The van der Waals surface area contributed by atoms with Crippen LogP contribution in [0, 0.1) is 5.82 Å². The number of likely N-dealkylation sites (N-methyl/N-ethyl adjacent to an activating group) is 1.